The predicted octanol–water partition coefficient (Wildman–Crippen LogP) is -0.0204. The summed E-state index contributed by atoms with van der Waals surface area (Å²) in [7, 11) is 1.30. The van der Waals surface area contributed by atoms with E-state index in [-0.39, 0.29) is 17.9 Å². The first-order chi connectivity index (χ1) is 10.5. The van der Waals surface area contributed by atoms with E-state index in [1.54, 1.807) is 19.1 Å². The van der Waals surface area contributed by atoms with Gasteiger partial charge in [-0.3, -0.25) is 4.79 Å². The summed E-state index contributed by atoms with van der Waals surface area (Å²) in [5.41, 5.74) is -1.99. The Kier molecular flexibility index (Phi) is 4.18. The lowest BCUT2D eigenvalue weighted by Crippen LogP contribution is -2.43. The van der Waals surface area contributed by atoms with Crippen molar-refractivity contribution < 1.29 is 9.53 Å². The second kappa shape index (κ2) is 6.05. The fourth-order valence-corrected chi connectivity index (χ4v) is 1.88. The molecule has 0 aliphatic heterocycles. The van der Waals surface area contributed by atoms with Crippen LogP contribution in [0.2, 0.25) is 0 Å². The van der Waals surface area contributed by atoms with Crippen LogP contribution in [0.25, 0.3) is 5.69 Å². The molecule has 8 nitrogen and oxygen atoms in total. The Labute approximate surface area is 124 Å². The Hall–Kier alpha value is -3.21. The zero-order valence-electron chi connectivity index (χ0n) is 11.9. The third kappa shape index (κ3) is 2.52. The summed E-state index contributed by atoms with van der Waals surface area (Å²) in [4.78, 5) is 36.4. The van der Waals surface area contributed by atoms with E-state index in [1.165, 1.54) is 19.2 Å². The zero-order chi connectivity index (χ0) is 16.3. The molecule has 0 amide bonds. The molecule has 0 aliphatic carbocycles. The minimum atomic E-state index is -0.927. The van der Waals surface area contributed by atoms with Crippen LogP contribution in [-0.2, 0) is 11.8 Å². The predicted molar refractivity (Wildman–Crippen MR) is 75.7 cm³/mol. The lowest BCUT2D eigenvalue weighted by molar-refractivity contribution is 0.0513. The molecule has 1 aromatic carbocycles. The highest BCUT2D eigenvalue weighted by Crippen LogP contribution is 2.09. The maximum Gasteiger partial charge on any atom is 0.364 e. The van der Waals surface area contributed by atoms with Gasteiger partial charge in [-0.25, -0.2) is 18.8 Å². The third-order valence-electron chi connectivity index (χ3n) is 2.86. The van der Waals surface area contributed by atoms with Gasteiger partial charge in [-0.2, -0.15) is 10.4 Å². The first kappa shape index (κ1) is 15.2. The monoisotopic (exact) mass is 300 g/mol. The van der Waals surface area contributed by atoms with E-state index in [0.29, 0.717) is 0 Å². The molecule has 0 N–H and O–H groups in total. The van der Waals surface area contributed by atoms with Gasteiger partial charge in [-0.1, -0.05) is 12.1 Å². The fraction of sp³-hybridized carbons (Fsp3) is 0.214. The smallest absolute Gasteiger partial charge is 0.364 e. The molecule has 0 radical (unpaired) electrons. The van der Waals surface area contributed by atoms with Gasteiger partial charge in [0.15, 0.2) is 0 Å². The van der Waals surface area contributed by atoms with Crippen LogP contribution < -0.4 is 11.2 Å². The number of carbonyl (C=O) groups is 1. The molecule has 0 unspecified atom stereocenters. The number of hydrogen-bond donors (Lipinski definition) is 0. The summed E-state index contributed by atoms with van der Waals surface area (Å²) in [6.45, 7) is 1.65. The van der Waals surface area contributed by atoms with Crippen LogP contribution in [-0.4, -0.2) is 26.9 Å². The normalized spacial score (nSPS) is 10.0. The summed E-state index contributed by atoms with van der Waals surface area (Å²) < 4.78 is 6.34. The highest BCUT2D eigenvalue weighted by molar-refractivity contribution is 5.86. The van der Waals surface area contributed by atoms with Crippen molar-refractivity contribution in [1.82, 2.24) is 14.3 Å². The maximum atomic E-state index is 12.4. The molecule has 0 fully saturated rings. The number of ether oxygens (including phenoxy) is 1. The molecule has 0 aliphatic rings. The van der Waals surface area contributed by atoms with Crippen LogP contribution in [0.4, 0.5) is 0 Å². The SMILES string of the molecule is CCOC(=O)c1nn(C)c(=O)n(-c2ccccc2C#N)c1=O. The van der Waals surface area contributed by atoms with Gasteiger partial charge in [0.2, 0.25) is 5.69 Å². The lowest BCUT2D eigenvalue weighted by Gasteiger charge is -2.09. The van der Waals surface area contributed by atoms with Gasteiger partial charge in [0.1, 0.15) is 6.07 Å². The minimum absolute atomic E-state index is 0.0670. The average Bonchev–Trinajstić information content (AvgIpc) is 2.51. The third-order valence-corrected chi connectivity index (χ3v) is 2.86. The van der Waals surface area contributed by atoms with Crippen LogP contribution in [0.15, 0.2) is 33.9 Å². The number of esters is 1. The topological polar surface area (TPSA) is 107 Å². The number of nitrogens with zero attached hydrogens (tertiary/aromatic N) is 4. The van der Waals surface area contributed by atoms with E-state index in [9.17, 15) is 14.4 Å². The van der Waals surface area contributed by atoms with Gasteiger partial charge >= 0.3 is 11.7 Å². The van der Waals surface area contributed by atoms with Crippen molar-refractivity contribution in [3.8, 4) is 11.8 Å². The zero-order valence-corrected chi connectivity index (χ0v) is 11.9. The maximum absolute atomic E-state index is 12.4. The van der Waals surface area contributed by atoms with Gasteiger partial charge in [0.25, 0.3) is 5.56 Å². The molecule has 8 heteroatoms. The molecule has 0 atom stereocenters. The number of para-hydroxylation sites is 1. The van der Waals surface area contributed by atoms with Crippen LogP contribution in [0, 0.1) is 11.3 Å². The first-order valence-electron chi connectivity index (χ1n) is 6.38. The Balaban J connectivity index is 2.83. The van der Waals surface area contributed by atoms with Gasteiger partial charge in [0, 0.05) is 7.05 Å². The van der Waals surface area contributed by atoms with Crippen molar-refractivity contribution in [2.24, 2.45) is 7.05 Å². The van der Waals surface area contributed by atoms with E-state index >= 15 is 0 Å². The second-order valence-electron chi connectivity index (χ2n) is 4.24. The number of carbonyl (C=O) groups excluding carboxylic acids is 1. The van der Waals surface area contributed by atoms with Gasteiger partial charge in [0.05, 0.1) is 17.9 Å². The Morgan fingerprint density at radius 2 is 2.05 bits per heavy atom. The van der Waals surface area contributed by atoms with E-state index in [1.807, 2.05) is 6.07 Å². The molecular weight excluding hydrogens is 288 g/mol. The van der Waals surface area contributed by atoms with Gasteiger partial charge in [-0.15, -0.1) is 0 Å². The quantitative estimate of drug-likeness (QED) is 0.737. The molecule has 0 spiro atoms. The van der Waals surface area contributed by atoms with Crippen molar-refractivity contribution in [1.29, 1.82) is 5.26 Å². The standard InChI is InChI=1S/C14H12N4O4/c1-3-22-13(20)11-12(19)18(14(21)17(2)16-11)10-7-5-4-6-9(10)8-15/h4-7H,3H2,1-2H3. The fourth-order valence-electron chi connectivity index (χ4n) is 1.88. The number of hydrogen-bond acceptors (Lipinski definition) is 6. The van der Waals surface area contributed by atoms with Crippen molar-refractivity contribution >= 4 is 5.97 Å². The molecule has 0 saturated carbocycles. The van der Waals surface area contributed by atoms with Gasteiger partial charge in [-0.05, 0) is 19.1 Å². The largest absolute Gasteiger partial charge is 0.461 e. The number of rotatable bonds is 3. The molecule has 0 saturated heterocycles. The lowest BCUT2D eigenvalue weighted by atomic mass is 10.2. The van der Waals surface area contributed by atoms with Crippen LogP contribution in [0.1, 0.15) is 23.0 Å². The molecular formula is C14H12N4O4. The molecule has 22 heavy (non-hydrogen) atoms. The summed E-state index contributed by atoms with van der Waals surface area (Å²) in [6.07, 6.45) is 0. The average molecular weight is 300 g/mol. The van der Waals surface area contributed by atoms with E-state index in [4.69, 9.17) is 10.00 Å². The van der Waals surface area contributed by atoms with E-state index < -0.39 is 22.9 Å². The summed E-state index contributed by atoms with van der Waals surface area (Å²) >= 11 is 0. The molecule has 1 aromatic heterocycles. The highest BCUT2D eigenvalue weighted by Gasteiger charge is 2.21. The van der Waals surface area contributed by atoms with Crippen molar-refractivity contribution in [2.75, 3.05) is 6.61 Å². The summed E-state index contributed by atoms with van der Waals surface area (Å²) in [6, 6.07) is 7.98. The van der Waals surface area contributed by atoms with Crippen molar-refractivity contribution in [2.45, 2.75) is 6.92 Å². The van der Waals surface area contributed by atoms with Crippen LogP contribution in [0.5, 0.6) is 0 Å². The highest BCUT2D eigenvalue weighted by atomic mass is 16.5. The Morgan fingerprint density at radius 1 is 1.36 bits per heavy atom. The molecule has 2 rings (SSSR count). The molecule has 0 bridgehead atoms. The van der Waals surface area contributed by atoms with Gasteiger partial charge < -0.3 is 4.74 Å². The molecule has 1 heterocycles. The van der Waals surface area contributed by atoms with Crippen molar-refractivity contribution in [3.63, 3.8) is 0 Å². The Bertz CT molecular complexity index is 889. The number of aromatic nitrogens is 3. The molecule has 2 aromatic rings. The van der Waals surface area contributed by atoms with Crippen molar-refractivity contribution in [3.05, 3.63) is 56.4 Å². The second-order valence-corrected chi connectivity index (χ2v) is 4.24. The first-order valence-corrected chi connectivity index (χ1v) is 6.38. The Morgan fingerprint density at radius 3 is 2.68 bits per heavy atom. The minimum Gasteiger partial charge on any atom is -0.461 e. The van der Waals surface area contributed by atoms with Crippen LogP contribution in [0.3, 0.4) is 0 Å². The van der Waals surface area contributed by atoms with E-state index in [0.717, 1.165) is 9.25 Å². The summed E-state index contributed by atoms with van der Waals surface area (Å²) in [5.74, 6) is -0.925. The number of nitriles is 1. The van der Waals surface area contributed by atoms with E-state index in [2.05, 4.69) is 5.10 Å². The van der Waals surface area contributed by atoms with Crippen LogP contribution >= 0.6 is 0 Å². The number of aryl methyl sites for hydroxylation is 1. The summed E-state index contributed by atoms with van der Waals surface area (Å²) in [5, 5.41) is 12.8. The molecule has 112 valence electrons. The number of benzene rings is 1.